The number of Topliss-reactive ketones (excluding diaryl/α,β-unsaturated/α-hetero) is 1. The lowest BCUT2D eigenvalue weighted by atomic mass is 10.1. The first-order valence-corrected chi connectivity index (χ1v) is 10.2. The highest BCUT2D eigenvalue weighted by Crippen LogP contribution is 2.29. The Labute approximate surface area is 176 Å². The maximum absolute atomic E-state index is 13.1. The van der Waals surface area contributed by atoms with Crippen LogP contribution in [0.3, 0.4) is 0 Å². The molecule has 2 aromatic carbocycles. The molecule has 0 aliphatic carbocycles. The number of carbonyl (C=O) groups is 1. The topological polar surface area (TPSA) is 70.7 Å². The Morgan fingerprint density at radius 1 is 1.00 bits per heavy atom. The van der Waals surface area contributed by atoms with Gasteiger partial charge in [-0.2, -0.15) is 9.50 Å². The van der Waals surface area contributed by atoms with Crippen LogP contribution >= 0.6 is 11.3 Å². The highest BCUT2D eigenvalue weighted by atomic mass is 32.1. The first-order valence-electron chi connectivity index (χ1n) is 9.32. The number of benzene rings is 2. The predicted octanol–water partition coefficient (Wildman–Crippen LogP) is 4.31. The van der Waals surface area contributed by atoms with Crippen molar-refractivity contribution >= 4 is 33.9 Å². The minimum atomic E-state index is -0.0557. The molecule has 8 heteroatoms. The van der Waals surface area contributed by atoms with E-state index >= 15 is 0 Å². The summed E-state index contributed by atoms with van der Waals surface area (Å²) in [5.41, 5.74) is 2.35. The fraction of sp³-hybridized carbons (Fsp3) is 0.136. The van der Waals surface area contributed by atoms with Crippen molar-refractivity contribution in [2.24, 2.45) is 0 Å². The number of thiophene rings is 1. The van der Waals surface area contributed by atoms with E-state index in [1.54, 1.807) is 48.3 Å². The van der Waals surface area contributed by atoms with Crippen LogP contribution in [0.5, 0.6) is 11.5 Å². The van der Waals surface area contributed by atoms with E-state index < -0.39 is 0 Å². The first kappa shape index (κ1) is 18.4. The van der Waals surface area contributed by atoms with E-state index in [1.807, 2.05) is 46.3 Å². The van der Waals surface area contributed by atoms with Gasteiger partial charge in [0.05, 0.1) is 36.7 Å². The van der Waals surface area contributed by atoms with Crippen LogP contribution in [-0.4, -0.2) is 39.2 Å². The summed E-state index contributed by atoms with van der Waals surface area (Å²) in [6.07, 6.45) is 0. The summed E-state index contributed by atoms with van der Waals surface area (Å²) in [5.74, 6) is 2.33. The zero-order valence-corrected chi connectivity index (χ0v) is 17.2. The van der Waals surface area contributed by atoms with E-state index in [9.17, 15) is 4.79 Å². The van der Waals surface area contributed by atoms with Crippen molar-refractivity contribution in [1.29, 1.82) is 0 Å². The molecule has 7 nitrogen and oxygen atoms in total. The van der Waals surface area contributed by atoms with Gasteiger partial charge in [0, 0.05) is 5.56 Å². The van der Waals surface area contributed by atoms with Crippen molar-refractivity contribution in [1.82, 2.24) is 19.2 Å². The van der Waals surface area contributed by atoms with E-state index in [1.165, 1.54) is 0 Å². The zero-order valence-electron chi connectivity index (χ0n) is 16.4. The Morgan fingerprint density at radius 3 is 2.53 bits per heavy atom. The SMILES string of the molecule is COc1ccc(C(=O)Cn2c3ccccc3n3nc(-c4cccs4)nc23)cc1OC. The van der Waals surface area contributed by atoms with Gasteiger partial charge in [0.2, 0.25) is 5.78 Å². The molecule has 0 N–H and O–H groups in total. The Kier molecular flexibility index (Phi) is 4.48. The Balaban J connectivity index is 1.60. The number of ketones is 1. The molecule has 0 radical (unpaired) electrons. The van der Waals surface area contributed by atoms with Gasteiger partial charge in [-0.25, -0.2) is 0 Å². The molecular weight excluding hydrogens is 400 g/mol. The number of hydrogen-bond acceptors (Lipinski definition) is 6. The molecule has 150 valence electrons. The van der Waals surface area contributed by atoms with Crippen LogP contribution in [0.1, 0.15) is 10.4 Å². The smallest absolute Gasteiger partial charge is 0.234 e. The number of nitrogens with zero attached hydrogens (tertiary/aromatic N) is 4. The Hall–Kier alpha value is -3.65. The van der Waals surface area contributed by atoms with Crippen LogP contribution in [0.4, 0.5) is 0 Å². The molecule has 0 saturated heterocycles. The van der Waals surface area contributed by atoms with Crippen molar-refractivity contribution in [2.75, 3.05) is 14.2 Å². The second kappa shape index (κ2) is 7.31. The molecule has 0 saturated carbocycles. The van der Waals surface area contributed by atoms with Crippen LogP contribution in [0.15, 0.2) is 60.0 Å². The number of fused-ring (bicyclic) bond motifs is 3. The Bertz CT molecular complexity index is 1370. The summed E-state index contributed by atoms with van der Waals surface area (Å²) >= 11 is 1.58. The monoisotopic (exact) mass is 418 g/mol. The molecule has 0 bridgehead atoms. The second-order valence-corrected chi connectivity index (χ2v) is 7.64. The van der Waals surface area contributed by atoms with E-state index in [2.05, 4.69) is 5.10 Å². The van der Waals surface area contributed by atoms with Crippen molar-refractivity contribution in [3.8, 4) is 22.2 Å². The lowest BCUT2D eigenvalue weighted by molar-refractivity contribution is 0.0974. The molecule has 30 heavy (non-hydrogen) atoms. The van der Waals surface area contributed by atoms with Crippen LogP contribution < -0.4 is 9.47 Å². The number of carbonyl (C=O) groups excluding carboxylic acids is 1. The second-order valence-electron chi connectivity index (χ2n) is 6.69. The largest absolute Gasteiger partial charge is 0.493 e. The normalized spacial score (nSPS) is 11.3. The average Bonchev–Trinajstić information content (AvgIpc) is 3.51. The third kappa shape index (κ3) is 2.93. The lowest BCUT2D eigenvalue weighted by Gasteiger charge is -2.10. The number of methoxy groups -OCH3 is 2. The number of aromatic nitrogens is 4. The highest BCUT2D eigenvalue weighted by molar-refractivity contribution is 7.13. The quantitative estimate of drug-likeness (QED) is 0.384. The van der Waals surface area contributed by atoms with Gasteiger partial charge >= 0.3 is 0 Å². The number of hydrogen-bond donors (Lipinski definition) is 0. The van der Waals surface area contributed by atoms with E-state index in [0.29, 0.717) is 28.7 Å². The van der Waals surface area contributed by atoms with Gasteiger partial charge in [0.1, 0.15) is 0 Å². The summed E-state index contributed by atoms with van der Waals surface area (Å²) in [6.45, 7) is 0.134. The van der Waals surface area contributed by atoms with Crippen LogP contribution in [0.25, 0.3) is 27.5 Å². The summed E-state index contributed by atoms with van der Waals surface area (Å²) in [4.78, 5) is 18.8. The molecule has 5 rings (SSSR count). The summed E-state index contributed by atoms with van der Waals surface area (Å²) in [7, 11) is 3.12. The fourth-order valence-corrected chi connectivity index (χ4v) is 4.18. The Morgan fingerprint density at radius 2 is 1.80 bits per heavy atom. The minimum Gasteiger partial charge on any atom is -0.493 e. The molecule has 3 heterocycles. The molecular formula is C22H18N4O3S. The van der Waals surface area contributed by atoms with Crippen LogP contribution in [0.2, 0.25) is 0 Å². The molecule has 0 fully saturated rings. The molecule has 0 amide bonds. The maximum atomic E-state index is 13.1. The van der Waals surface area contributed by atoms with E-state index in [-0.39, 0.29) is 12.3 Å². The molecule has 0 aliphatic heterocycles. The zero-order chi connectivity index (χ0) is 20.7. The van der Waals surface area contributed by atoms with Gasteiger partial charge in [-0.3, -0.25) is 4.79 Å². The minimum absolute atomic E-state index is 0.0557. The van der Waals surface area contributed by atoms with Gasteiger partial charge in [-0.15, -0.1) is 16.4 Å². The third-order valence-corrected chi connectivity index (χ3v) is 5.85. The van der Waals surface area contributed by atoms with Gasteiger partial charge in [0.25, 0.3) is 0 Å². The molecule has 5 aromatic rings. The number of rotatable bonds is 6. The van der Waals surface area contributed by atoms with Gasteiger partial charge in [-0.05, 0) is 41.8 Å². The first-order chi connectivity index (χ1) is 14.7. The van der Waals surface area contributed by atoms with Crippen molar-refractivity contribution in [3.05, 3.63) is 65.5 Å². The highest BCUT2D eigenvalue weighted by Gasteiger charge is 2.19. The van der Waals surface area contributed by atoms with Crippen molar-refractivity contribution in [2.45, 2.75) is 6.54 Å². The predicted molar refractivity (Wildman–Crippen MR) is 116 cm³/mol. The fourth-order valence-electron chi connectivity index (χ4n) is 3.53. The average molecular weight is 418 g/mol. The summed E-state index contributed by atoms with van der Waals surface area (Å²) in [5, 5.41) is 6.68. The van der Waals surface area contributed by atoms with Gasteiger partial charge in [0.15, 0.2) is 23.1 Å². The summed E-state index contributed by atoms with van der Waals surface area (Å²) < 4.78 is 14.3. The molecule has 0 spiro atoms. The van der Waals surface area contributed by atoms with Gasteiger partial charge in [-0.1, -0.05) is 18.2 Å². The molecule has 0 unspecified atom stereocenters. The number of para-hydroxylation sites is 2. The molecule has 3 aromatic heterocycles. The molecule has 0 atom stereocenters. The molecule has 0 aliphatic rings. The van der Waals surface area contributed by atoms with E-state index in [0.717, 1.165) is 15.9 Å². The number of imidazole rings is 1. The van der Waals surface area contributed by atoms with Crippen LogP contribution in [-0.2, 0) is 6.54 Å². The lowest BCUT2D eigenvalue weighted by Crippen LogP contribution is -2.11. The summed E-state index contributed by atoms with van der Waals surface area (Å²) in [6, 6.07) is 17.0. The van der Waals surface area contributed by atoms with E-state index in [4.69, 9.17) is 14.5 Å². The van der Waals surface area contributed by atoms with Crippen molar-refractivity contribution in [3.63, 3.8) is 0 Å². The van der Waals surface area contributed by atoms with Gasteiger partial charge < -0.3 is 14.0 Å². The number of ether oxygens (including phenoxy) is 2. The standard InChI is InChI=1S/C22H18N4O3S/c1-28-18-10-9-14(12-19(18)29-2)17(27)13-25-15-6-3-4-7-16(15)26-22(25)23-21(24-26)20-8-5-11-30-20/h3-12H,13H2,1-2H3. The third-order valence-electron chi connectivity index (χ3n) is 4.98. The van der Waals surface area contributed by atoms with Crippen molar-refractivity contribution < 1.29 is 14.3 Å². The van der Waals surface area contributed by atoms with Crippen LogP contribution in [0, 0.1) is 0 Å². The maximum Gasteiger partial charge on any atom is 0.234 e.